The Hall–Kier alpha value is -3.98. The summed E-state index contributed by atoms with van der Waals surface area (Å²) < 4.78 is 0.992. The summed E-state index contributed by atoms with van der Waals surface area (Å²) in [6.07, 6.45) is 9.62. The molecule has 1 aliphatic carbocycles. The first-order chi connectivity index (χ1) is 18.3. The highest BCUT2D eigenvalue weighted by Crippen LogP contribution is 2.36. The van der Waals surface area contributed by atoms with Gasteiger partial charge in [-0.1, -0.05) is 103 Å². The number of quaternary nitrogens is 1. The van der Waals surface area contributed by atoms with Crippen LogP contribution in [0.15, 0.2) is 109 Å². The van der Waals surface area contributed by atoms with Gasteiger partial charge in [0.15, 0.2) is 0 Å². The molecule has 1 unspecified atom stereocenters. The molecule has 1 aliphatic heterocycles. The molecule has 0 radical (unpaired) electrons. The molecule has 0 amide bonds. The van der Waals surface area contributed by atoms with E-state index in [-0.39, 0.29) is 0 Å². The van der Waals surface area contributed by atoms with Gasteiger partial charge in [0, 0.05) is 22.4 Å². The molecule has 0 fully saturated rings. The van der Waals surface area contributed by atoms with Gasteiger partial charge >= 0.3 is 0 Å². The predicted octanol–water partition coefficient (Wildman–Crippen LogP) is 5.68. The van der Waals surface area contributed by atoms with Crippen LogP contribution in [0.4, 0.5) is 0 Å². The fourth-order valence-corrected chi connectivity index (χ4v) is 9.33. The van der Waals surface area contributed by atoms with Crippen molar-refractivity contribution in [2.75, 3.05) is 0 Å². The zero-order valence-corrected chi connectivity index (χ0v) is 22.2. The van der Waals surface area contributed by atoms with E-state index < -0.39 is 9.68 Å². The Bertz CT molecular complexity index is 1980. The number of hydrogen-bond donors (Lipinski definition) is 0. The predicted molar refractivity (Wildman–Crippen MR) is 161 cm³/mol. The van der Waals surface area contributed by atoms with Crippen molar-refractivity contribution in [3.63, 3.8) is 0 Å². The van der Waals surface area contributed by atoms with Crippen LogP contribution in [0.5, 0.6) is 0 Å². The van der Waals surface area contributed by atoms with Crippen LogP contribution in [0, 0.1) is 0 Å². The first kappa shape index (κ1) is 21.1. The van der Waals surface area contributed by atoms with Gasteiger partial charge < -0.3 is 4.15 Å². The molecule has 6 aromatic carbocycles. The number of fused-ring (bicyclic) bond motifs is 2. The fourth-order valence-electron chi connectivity index (χ4n) is 6.95. The SMILES string of the molecule is C1=C[N+]([SiH2]c2ccc3ccc4cccc5ccc2c3c45)(C2=c3ccccc3=CCC2)Cc2ccccc21. The van der Waals surface area contributed by atoms with E-state index in [4.69, 9.17) is 0 Å². The monoisotopic (exact) mass is 490 g/mol. The first-order valence-electron chi connectivity index (χ1n) is 13.4. The molecule has 6 aromatic rings. The molecule has 0 N–H and O–H groups in total. The van der Waals surface area contributed by atoms with Crippen LogP contribution >= 0.6 is 0 Å². The Labute approximate surface area is 219 Å². The van der Waals surface area contributed by atoms with Crippen molar-refractivity contribution in [1.29, 1.82) is 0 Å². The molecule has 176 valence electrons. The molecule has 8 rings (SSSR count). The molecule has 1 atom stereocenters. The number of rotatable bonds is 3. The number of benzene rings is 6. The Morgan fingerprint density at radius 2 is 1.41 bits per heavy atom. The molecule has 0 spiro atoms. The van der Waals surface area contributed by atoms with Gasteiger partial charge in [-0.2, -0.15) is 0 Å². The third kappa shape index (κ3) is 3.20. The molecule has 1 nitrogen and oxygen atoms in total. The highest BCUT2D eigenvalue weighted by molar-refractivity contribution is 6.53. The highest BCUT2D eigenvalue weighted by atomic mass is 28.2. The van der Waals surface area contributed by atoms with Crippen LogP contribution in [-0.4, -0.2) is 13.8 Å². The lowest BCUT2D eigenvalue weighted by Crippen LogP contribution is -2.53. The molecule has 1 heterocycles. The lowest BCUT2D eigenvalue weighted by molar-refractivity contribution is -0.706. The zero-order chi connectivity index (χ0) is 24.4. The van der Waals surface area contributed by atoms with Crippen molar-refractivity contribution < 1.29 is 4.15 Å². The molecule has 2 aliphatic rings. The van der Waals surface area contributed by atoms with E-state index in [1.54, 1.807) is 10.9 Å². The van der Waals surface area contributed by atoms with Crippen LogP contribution in [0.1, 0.15) is 24.0 Å². The minimum absolute atomic E-state index is 0.805. The summed E-state index contributed by atoms with van der Waals surface area (Å²) in [5.41, 5.74) is 4.44. The maximum absolute atomic E-state index is 2.55. The van der Waals surface area contributed by atoms with E-state index in [2.05, 4.69) is 121 Å². The Balaban J connectivity index is 1.40. The summed E-state index contributed by atoms with van der Waals surface area (Å²) >= 11 is 0. The molecule has 0 bridgehead atoms. The largest absolute Gasteiger partial charge is 0.324 e. The van der Waals surface area contributed by atoms with Crippen molar-refractivity contribution in [2.24, 2.45) is 0 Å². The minimum Gasteiger partial charge on any atom is -0.324 e. The summed E-state index contributed by atoms with van der Waals surface area (Å²) in [5, 5.41) is 12.8. The number of nitrogens with zero attached hydrogens (tertiary/aromatic N) is 1. The van der Waals surface area contributed by atoms with Gasteiger partial charge in [0.1, 0.15) is 5.70 Å². The molecule has 0 aromatic heterocycles. The van der Waals surface area contributed by atoms with Crippen molar-refractivity contribution in [2.45, 2.75) is 19.4 Å². The van der Waals surface area contributed by atoms with Crippen LogP contribution in [-0.2, 0) is 6.54 Å². The molecule has 37 heavy (non-hydrogen) atoms. The molecular formula is C35H28NSi+. The van der Waals surface area contributed by atoms with Gasteiger partial charge in [-0.05, 0) is 61.7 Å². The van der Waals surface area contributed by atoms with E-state index in [1.165, 1.54) is 53.9 Å². The normalized spacial score (nSPS) is 19.1. The van der Waals surface area contributed by atoms with Gasteiger partial charge in [0.25, 0.3) is 9.68 Å². The van der Waals surface area contributed by atoms with E-state index >= 15 is 0 Å². The summed E-state index contributed by atoms with van der Waals surface area (Å²) in [7, 11) is -0.805. The fraction of sp³-hybridized carbons (Fsp3) is 0.0857. The maximum Gasteiger partial charge on any atom is 0.297 e. The van der Waals surface area contributed by atoms with Crippen LogP contribution < -0.4 is 15.6 Å². The second kappa shape index (κ2) is 8.01. The number of hydrogen-bond acceptors (Lipinski definition) is 0. The summed E-state index contributed by atoms with van der Waals surface area (Å²) in [6, 6.07) is 38.9. The van der Waals surface area contributed by atoms with Crippen molar-refractivity contribution >= 4 is 65.0 Å². The van der Waals surface area contributed by atoms with Crippen LogP contribution in [0.2, 0.25) is 0 Å². The Morgan fingerprint density at radius 3 is 2.32 bits per heavy atom. The molecule has 0 saturated carbocycles. The Kier molecular flexibility index (Phi) is 4.57. The average Bonchev–Trinajstić information content (AvgIpc) is 2.96. The standard InChI is InChI=1S/C35H28NSi/c1-2-9-29-23-36(22-21-24(29)7-1,32-14-6-10-25-8-3-4-13-30(25)32)37-33-20-18-28-16-15-26-11-5-12-27-17-19-31(33)35(28)34(26)27/h1-5,7-13,15-22H,6,14,23,37H2/q+1. The average molecular weight is 491 g/mol. The third-order valence-corrected chi connectivity index (χ3v) is 11.0. The highest BCUT2D eigenvalue weighted by Gasteiger charge is 2.36. The minimum atomic E-state index is -0.805. The first-order valence-corrected chi connectivity index (χ1v) is 14.7. The summed E-state index contributed by atoms with van der Waals surface area (Å²) in [4.78, 5) is 0. The van der Waals surface area contributed by atoms with Crippen molar-refractivity contribution in [1.82, 2.24) is 0 Å². The van der Waals surface area contributed by atoms with Crippen molar-refractivity contribution in [3.8, 4) is 0 Å². The summed E-state index contributed by atoms with van der Waals surface area (Å²) in [5.74, 6) is 0. The quantitative estimate of drug-likeness (QED) is 0.221. The van der Waals surface area contributed by atoms with Gasteiger partial charge in [0.05, 0.1) is 12.7 Å². The topological polar surface area (TPSA) is 0 Å². The lowest BCUT2D eigenvalue weighted by Gasteiger charge is -2.41. The van der Waals surface area contributed by atoms with E-state index in [1.807, 2.05) is 0 Å². The van der Waals surface area contributed by atoms with Crippen molar-refractivity contribution in [3.05, 3.63) is 131 Å². The molecular weight excluding hydrogens is 462 g/mol. The molecule has 2 heteroatoms. The van der Waals surface area contributed by atoms with Gasteiger partial charge in [0.2, 0.25) is 0 Å². The second-order valence-corrected chi connectivity index (χ2v) is 12.9. The Morgan fingerprint density at radius 1 is 0.649 bits per heavy atom. The van der Waals surface area contributed by atoms with Crippen LogP contribution in [0.25, 0.3) is 50.2 Å². The van der Waals surface area contributed by atoms with E-state index in [0.717, 1.165) is 23.5 Å². The third-order valence-electron chi connectivity index (χ3n) is 8.67. The van der Waals surface area contributed by atoms with Crippen LogP contribution in [0.3, 0.4) is 0 Å². The maximum atomic E-state index is 2.55. The molecule has 0 saturated heterocycles. The zero-order valence-electron chi connectivity index (χ0n) is 20.8. The lowest BCUT2D eigenvalue weighted by atomic mass is 9.94. The van der Waals surface area contributed by atoms with Gasteiger partial charge in [-0.3, -0.25) is 0 Å². The summed E-state index contributed by atoms with van der Waals surface area (Å²) in [6.45, 7) is 1.05. The second-order valence-electron chi connectivity index (χ2n) is 10.7. The van der Waals surface area contributed by atoms with Gasteiger partial charge in [-0.15, -0.1) is 0 Å². The van der Waals surface area contributed by atoms with Gasteiger partial charge in [-0.25, -0.2) is 0 Å². The van der Waals surface area contributed by atoms with E-state index in [0.29, 0.717) is 0 Å². The smallest absolute Gasteiger partial charge is 0.297 e. The van der Waals surface area contributed by atoms with E-state index in [9.17, 15) is 0 Å².